The second kappa shape index (κ2) is 9.35. The lowest BCUT2D eigenvalue weighted by Gasteiger charge is -2.11. The highest BCUT2D eigenvalue weighted by molar-refractivity contribution is 8.19. The van der Waals surface area contributed by atoms with Gasteiger partial charge in [-0.1, -0.05) is 24.3 Å². The first-order valence-corrected chi connectivity index (χ1v) is 12.6. The second-order valence-electron chi connectivity index (χ2n) is 6.62. The lowest BCUT2D eigenvalue weighted by Crippen LogP contribution is -2.35. The number of thioether (sulfide) groups is 2. The Hall–Kier alpha value is -1.48. The minimum absolute atomic E-state index is 0.134. The summed E-state index contributed by atoms with van der Waals surface area (Å²) in [5, 5.41) is 2.76. The molecule has 1 saturated heterocycles. The zero-order chi connectivity index (χ0) is 20.1. The monoisotopic (exact) mass is 436 g/mol. The van der Waals surface area contributed by atoms with Crippen molar-refractivity contribution in [2.45, 2.75) is 23.3 Å². The zero-order valence-corrected chi connectivity index (χ0v) is 18.3. The Bertz CT molecular complexity index is 938. The number of nitrogens with one attached hydrogen (secondary N) is 2. The third-order valence-electron chi connectivity index (χ3n) is 4.40. The van der Waals surface area contributed by atoms with Crippen molar-refractivity contribution in [2.24, 2.45) is 0 Å². The number of carbonyl (C=O) groups excluding carboxylic acids is 1. The van der Waals surface area contributed by atoms with Crippen LogP contribution < -0.4 is 10.0 Å². The molecule has 0 bridgehead atoms. The SMILES string of the molecule is Cc1ccc(C)c(S(=O)(=O)NCCNC(=O)c2ccc(C3SCCS3)cc2)c1. The minimum Gasteiger partial charge on any atom is -0.351 e. The van der Waals surface area contributed by atoms with E-state index in [4.69, 9.17) is 0 Å². The summed E-state index contributed by atoms with van der Waals surface area (Å²) in [5.41, 5.74) is 3.39. The molecule has 1 amide bonds. The highest BCUT2D eigenvalue weighted by Crippen LogP contribution is 2.45. The summed E-state index contributed by atoms with van der Waals surface area (Å²) in [5.74, 6) is 2.12. The predicted molar refractivity (Wildman–Crippen MR) is 118 cm³/mol. The van der Waals surface area contributed by atoms with Crippen molar-refractivity contribution < 1.29 is 13.2 Å². The maximum absolute atomic E-state index is 12.5. The van der Waals surface area contributed by atoms with E-state index in [9.17, 15) is 13.2 Å². The van der Waals surface area contributed by atoms with Crippen molar-refractivity contribution in [1.82, 2.24) is 10.0 Å². The van der Waals surface area contributed by atoms with Crippen LogP contribution in [0.2, 0.25) is 0 Å². The Labute approximate surface area is 175 Å². The molecule has 0 spiro atoms. The Kier molecular flexibility index (Phi) is 7.09. The van der Waals surface area contributed by atoms with E-state index in [2.05, 4.69) is 10.0 Å². The summed E-state index contributed by atoms with van der Waals surface area (Å²) in [4.78, 5) is 12.5. The number of rotatable bonds is 7. The fraction of sp³-hybridized carbons (Fsp3) is 0.350. The Morgan fingerprint density at radius 1 is 1.04 bits per heavy atom. The molecule has 0 aromatic heterocycles. The van der Waals surface area contributed by atoms with Gasteiger partial charge in [0.1, 0.15) is 0 Å². The summed E-state index contributed by atoms with van der Waals surface area (Å²) in [6.45, 7) is 3.98. The molecule has 3 rings (SSSR count). The van der Waals surface area contributed by atoms with Gasteiger partial charge in [-0.15, -0.1) is 23.5 Å². The average molecular weight is 437 g/mol. The normalized spacial score (nSPS) is 14.9. The maximum Gasteiger partial charge on any atom is 0.251 e. The molecule has 8 heteroatoms. The van der Waals surface area contributed by atoms with Gasteiger partial charge in [-0.05, 0) is 48.7 Å². The predicted octanol–water partition coefficient (Wildman–Crippen LogP) is 3.49. The van der Waals surface area contributed by atoms with Crippen LogP contribution in [0.25, 0.3) is 0 Å². The molecule has 0 radical (unpaired) electrons. The van der Waals surface area contributed by atoms with E-state index in [1.807, 2.05) is 60.8 Å². The average Bonchev–Trinajstić information content (AvgIpc) is 3.22. The third-order valence-corrected chi connectivity index (χ3v) is 9.11. The van der Waals surface area contributed by atoms with Gasteiger partial charge in [-0.25, -0.2) is 13.1 Å². The first kappa shape index (κ1) is 21.2. The van der Waals surface area contributed by atoms with Crippen LogP contribution in [0.1, 0.15) is 31.6 Å². The van der Waals surface area contributed by atoms with Crippen LogP contribution in [0.15, 0.2) is 47.4 Å². The van der Waals surface area contributed by atoms with Gasteiger partial charge in [0, 0.05) is 30.2 Å². The first-order chi connectivity index (χ1) is 13.4. The van der Waals surface area contributed by atoms with Crippen LogP contribution in [-0.2, 0) is 10.0 Å². The molecule has 28 heavy (non-hydrogen) atoms. The number of hydrogen-bond acceptors (Lipinski definition) is 5. The molecule has 150 valence electrons. The summed E-state index contributed by atoms with van der Waals surface area (Å²) in [6, 6.07) is 13.0. The van der Waals surface area contributed by atoms with Gasteiger partial charge in [0.05, 0.1) is 9.48 Å². The number of sulfonamides is 1. The molecule has 2 aromatic carbocycles. The molecular weight excluding hydrogens is 412 g/mol. The molecule has 1 aliphatic rings. The van der Waals surface area contributed by atoms with Crippen LogP contribution in [-0.4, -0.2) is 38.9 Å². The number of aryl methyl sites for hydroxylation is 2. The molecule has 2 N–H and O–H groups in total. The lowest BCUT2D eigenvalue weighted by molar-refractivity contribution is 0.0954. The second-order valence-corrected chi connectivity index (χ2v) is 11.1. The molecule has 2 aromatic rings. The molecule has 5 nitrogen and oxygen atoms in total. The summed E-state index contributed by atoms with van der Waals surface area (Å²) < 4.78 is 27.9. The Balaban J connectivity index is 1.50. The highest BCUT2D eigenvalue weighted by atomic mass is 32.2. The van der Waals surface area contributed by atoms with Gasteiger partial charge in [0.2, 0.25) is 10.0 Å². The zero-order valence-electron chi connectivity index (χ0n) is 15.9. The van der Waals surface area contributed by atoms with Crippen molar-refractivity contribution in [1.29, 1.82) is 0 Å². The van der Waals surface area contributed by atoms with E-state index < -0.39 is 10.0 Å². The third kappa shape index (κ3) is 5.31. The van der Waals surface area contributed by atoms with Gasteiger partial charge in [0.25, 0.3) is 5.91 Å². The highest BCUT2D eigenvalue weighted by Gasteiger charge is 2.19. The summed E-state index contributed by atoms with van der Waals surface area (Å²) in [7, 11) is -3.60. The number of benzene rings is 2. The van der Waals surface area contributed by atoms with Crippen LogP contribution in [0, 0.1) is 13.8 Å². The van der Waals surface area contributed by atoms with Gasteiger partial charge in [0.15, 0.2) is 0 Å². The van der Waals surface area contributed by atoms with Gasteiger partial charge in [-0.2, -0.15) is 0 Å². The number of carbonyl (C=O) groups is 1. The summed E-state index contributed by atoms with van der Waals surface area (Å²) >= 11 is 3.85. The van der Waals surface area contributed by atoms with Crippen LogP contribution in [0.3, 0.4) is 0 Å². The topological polar surface area (TPSA) is 75.3 Å². The largest absolute Gasteiger partial charge is 0.351 e. The molecule has 0 atom stereocenters. The summed E-state index contributed by atoms with van der Waals surface area (Å²) in [6.07, 6.45) is 0. The van der Waals surface area contributed by atoms with E-state index >= 15 is 0 Å². The minimum atomic E-state index is -3.60. The molecule has 1 fully saturated rings. The fourth-order valence-corrected chi connectivity index (χ4v) is 7.10. The number of amides is 1. The smallest absolute Gasteiger partial charge is 0.251 e. The molecule has 1 heterocycles. The van der Waals surface area contributed by atoms with Gasteiger partial charge < -0.3 is 5.32 Å². The van der Waals surface area contributed by atoms with Crippen molar-refractivity contribution >= 4 is 39.5 Å². The molecule has 0 aliphatic carbocycles. The molecule has 0 saturated carbocycles. The molecular formula is C20H24N2O3S3. The lowest BCUT2D eigenvalue weighted by atomic mass is 10.1. The van der Waals surface area contributed by atoms with Crippen molar-refractivity contribution in [3.8, 4) is 0 Å². The maximum atomic E-state index is 12.5. The van der Waals surface area contributed by atoms with E-state index in [0.717, 1.165) is 17.1 Å². The van der Waals surface area contributed by atoms with Crippen molar-refractivity contribution in [2.75, 3.05) is 24.6 Å². The van der Waals surface area contributed by atoms with Crippen molar-refractivity contribution in [3.05, 3.63) is 64.7 Å². The van der Waals surface area contributed by atoms with Crippen molar-refractivity contribution in [3.63, 3.8) is 0 Å². The van der Waals surface area contributed by atoms with Crippen LogP contribution >= 0.6 is 23.5 Å². The van der Waals surface area contributed by atoms with E-state index in [0.29, 0.717) is 15.7 Å². The first-order valence-electron chi connectivity index (χ1n) is 9.05. The van der Waals surface area contributed by atoms with Gasteiger partial charge >= 0.3 is 0 Å². The van der Waals surface area contributed by atoms with E-state index in [1.54, 1.807) is 19.1 Å². The van der Waals surface area contributed by atoms with Crippen LogP contribution in [0.5, 0.6) is 0 Å². The van der Waals surface area contributed by atoms with Crippen LogP contribution in [0.4, 0.5) is 0 Å². The Morgan fingerprint density at radius 2 is 1.71 bits per heavy atom. The quantitative estimate of drug-likeness (QED) is 0.650. The van der Waals surface area contributed by atoms with E-state index in [-0.39, 0.29) is 23.9 Å². The standard InChI is InChI=1S/C20H24N2O3S3/c1-14-3-4-15(2)18(13-14)28(24,25)22-10-9-21-19(23)16-5-7-17(8-6-16)20-26-11-12-27-20/h3-8,13,20,22H,9-12H2,1-2H3,(H,21,23). The Morgan fingerprint density at radius 3 is 2.39 bits per heavy atom. The number of hydrogen-bond donors (Lipinski definition) is 2. The fourth-order valence-electron chi connectivity index (χ4n) is 2.88. The van der Waals surface area contributed by atoms with Gasteiger partial charge in [-0.3, -0.25) is 4.79 Å². The van der Waals surface area contributed by atoms with E-state index in [1.165, 1.54) is 5.56 Å². The molecule has 1 aliphatic heterocycles. The molecule has 0 unspecified atom stereocenters.